The summed E-state index contributed by atoms with van der Waals surface area (Å²) in [6.07, 6.45) is 8.17. The first-order valence-electron chi connectivity index (χ1n) is 7.20. The highest BCUT2D eigenvalue weighted by atomic mass is 16.5. The van der Waals surface area contributed by atoms with Gasteiger partial charge in [-0.1, -0.05) is 50.3 Å². The number of hydrogen-bond donors (Lipinski definition) is 1. The average Bonchev–Trinajstić information content (AvgIpc) is 2.41. The summed E-state index contributed by atoms with van der Waals surface area (Å²) in [4.78, 5) is 0. The molecule has 1 fully saturated rings. The molecule has 0 bridgehead atoms. The van der Waals surface area contributed by atoms with Gasteiger partial charge in [-0.3, -0.25) is 0 Å². The SMILES string of the molecule is OC(CCOc1ccccc1)CC1CCCCC1. The maximum absolute atomic E-state index is 10.00. The minimum Gasteiger partial charge on any atom is -0.493 e. The lowest BCUT2D eigenvalue weighted by atomic mass is 9.85. The van der Waals surface area contributed by atoms with Crippen LogP contribution in [-0.2, 0) is 0 Å². The highest BCUT2D eigenvalue weighted by molar-refractivity contribution is 5.20. The van der Waals surface area contributed by atoms with Crippen LogP contribution in [0, 0.1) is 5.92 Å². The van der Waals surface area contributed by atoms with Gasteiger partial charge in [0.1, 0.15) is 5.75 Å². The Morgan fingerprint density at radius 3 is 2.56 bits per heavy atom. The lowest BCUT2D eigenvalue weighted by Crippen LogP contribution is -2.18. The molecule has 1 unspecified atom stereocenters. The van der Waals surface area contributed by atoms with Crippen LogP contribution in [0.25, 0.3) is 0 Å². The summed E-state index contributed by atoms with van der Waals surface area (Å²) in [5, 5.41) is 10.00. The van der Waals surface area contributed by atoms with Crippen molar-refractivity contribution in [1.82, 2.24) is 0 Å². The summed E-state index contributed by atoms with van der Waals surface area (Å²) in [5.74, 6) is 1.63. The van der Waals surface area contributed by atoms with Gasteiger partial charge in [-0.2, -0.15) is 0 Å². The average molecular weight is 248 g/mol. The van der Waals surface area contributed by atoms with Crippen LogP contribution in [0.2, 0.25) is 0 Å². The number of ether oxygens (including phenoxy) is 1. The number of hydrogen-bond acceptors (Lipinski definition) is 2. The van der Waals surface area contributed by atoms with Crippen molar-refractivity contribution >= 4 is 0 Å². The van der Waals surface area contributed by atoms with Crippen molar-refractivity contribution < 1.29 is 9.84 Å². The van der Waals surface area contributed by atoms with E-state index in [2.05, 4.69) is 0 Å². The molecule has 1 atom stereocenters. The van der Waals surface area contributed by atoms with E-state index in [1.807, 2.05) is 30.3 Å². The molecular formula is C16H24O2. The van der Waals surface area contributed by atoms with Crippen LogP contribution in [0.1, 0.15) is 44.9 Å². The minimum atomic E-state index is -0.197. The number of para-hydroxylation sites is 1. The molecule has 1 N–H and O–H groups in total. The third-order valence-corrected chi connectivity index (χ3v) is 3.79. The van der Waals surface area contributed by atoms with Gasteiger partial charge in [-0.25, -0.2) is 0 Å². The third kappa shape index (κ3) is 4.69. The highest BCUT2D eigenvalue weighted by Crippen LogP contribution is 2.27. The van der Waals surface area contributed by atoms with Gasteiger partial charge in [0.05, 0.1) is 12.7 Å². The van der Waals surface area contributed by atoms with Crippen LogP contribution in [0.4, 0.5) is 0 Å². The third-order valence-electron chi connectivity index (χ3n) is 3.79. The molecule has 0 aliphatic heterocycles. The zero-order chi connectivity index (χ0) is 12.6. The number of rotatable bonds is 6. The van der Waals surface area contributed by atoms with E-state index in [-0.39, 0.29) is 6.10 Å². The molecule has 1 aliphatic rings. The summed E-state index contributed by atoms with van der Waals surface area (Å²) < 4.78 is 5.61. The monoisotopic (exact) mass is 248 g/mol. The van der Waals surface area contributed by atoms with E-state index < -0.39 is 0 Å². The Bertz CT molecular complexity index is 317. The second-order valence-corrected chi connectivity index (χ2v) is 5.34. The van der Waals surface area contributed by atoms with Crippen LogP contribution < -0.4 is 4.74 Å². The molecule has 1 aromatic carbocycles. The molecule has 0 saturated heterocycles. The van der Waals surface area contributed by atoms with Gasteiger partial charge < -0.3 is 9.84 Å². The normalized spacial score (nSPS) is 18.5. The van der Waals surface area contributed by atoms with E-state index in [1.165, 1.54) is 32.1 Å². The Balaban J connectivity index is 1.61. The van der Waals surface area contributed by atoms with Gasteiger partial charge in [-0.05, 0) is 24.5 Å². The predicted molar refractivity (Wildman–Crippen MR) is 73.8 cm³/mol. The zero-order valence-electron chi connectivity index (χ0n) is 11.1. The molecule has 0 heterocycles. The van der Waals surface area contributed by atoms with Gasteiger partial charge >= 0.3 is 0 Å². The molecule has 0 radical (unpaired) electrons. The second-order valence-electron chi connectivity index (χ2n) is 5.34. The molecule has 18 heavy (non-hydrogen) atoms. The van der Waals surface area contributed by atoms with E-state index in [4.69, 9.17) is 4.74 Å². The van der Waals surface area contributed by atoms with Crippen molar-refractivity contribution in [2.45, 2.75) is 51.0 Å². The van der Waals surface area contributed by atoms with Crippen molar-refractivity contribution in [1.29, 1.82) is 0 Å². The first kappa shape index (κ1) is 13.4. The summed E-state index contributed by atoms with van der Waals surface area (Å²) in [6.45, 7) is 0.609. The zero-order valence-corrected chi connectivity index (χ0v) is 11.1. The van der Waals surface area contributed by atoms with E-state index in [9.17, 15) is 5.11 Å². The molecular weight excluding hydrogens is 224 g/mol. The molecule has 1 aliphatic carbocycles. The molecule has 2 nitrogen and oxygen atoms in total. The Morgan fingerprint density at radius 1 is 1.11 bits per heavy atom. The molecule has 2 rings (SSSR count). The first-order valence-corrected chi connectivity index (χ1v) is 7.20. The summed E-state index contributed by atoms with van der Waals surface area (Å²) in [6, 6.07) is 9.81. The second kappa shape index (κ2) is 7.42. The van der Waals surface area contributed by atoms with Crippen LogP contribution in [0.3, 0.4) is 0 Å². The lowest BCUT2D eigenvalue weighted by Gasteiger charge is -2.23. The first-order chi connectivity index (χ1) is 8.84. The molecule has 100 valence electrons. The fourth-order valence-corrected chi connectivity index (χ4v) is 2.76. The number of benzene rings is 1. The Labute approximate surface area is 110 Å². The quantitative estimate of drug-likeness (QED) is 0.830. The van der Waals surface area contributed by atoms with E-state index in [0.29, 0.717) is 6.61 Å². The standard InChI is InChI=1S/C16H24O2/c17-15(13-14-7-3-1-4-8-14)11-12-18-16-9-5-2-6-10-16/h2,5-6,9-10,14-15,17H,1,3-4,7-8,11-13H2. The van der Waals surface area contributed by atoms with E-state index in [1.54, 1.807) is 0 Å². The highest BCUT2D eigenvalue weighted by Gasteiger charge is 2.17. The van der Waals surface area contributed by atoms with Gasteiger partial charge in [-0.15, -0.1) is 0 Å². The topological polar surface area (TPSA) is 29.5 Å². The van der Waals surface area contributed by atoms with Gasteiger partial charge in [0.25, 0.3) is 0 Å². The number of aliphatic hydroxyl groups is 1. The van der Waals surface area contributed by atoms with Crippen LogP contribution >= 0.6 is 0 Å². The molecule has 1 aromatic rings. The Morgan fingerprint density at radius 2 is 1.83 bits per heavy atom. The summed E-state index contributed by atoms with van der Waals surface area (Å²) in [7, 11) is 0. The van der Waals surface area contributed by atoms with Crippen LogP contribution in [0.15, 0.2) is 30.3 Å². The maximum atomic E-state index is 10.00. The predicted octanol–water partition coefficient (Wildman–Crippen LogP) is 3.79. The van der Waals surface area contributed by atoms with Crippen molar-refractivity contribution in [2.75, 3.05) is 6.61 Å². The fourth-order valence-electron chi connectivity index (χ4n) is 2.76. The number of aliphatic hydroxyl groups excluding tert-OH is 1. The van der Waals surface area contributed by atoms with Crippen molar-refractivity contribution in [3.05, 3.63) is 30.3 Å². The van der Waals surface area contributed by atoms with Crippen LogP contribution in [-0.4, -0.2) is 17.8 Å². The molecule has 0 spiro atoms. The smallest absolute Gasteiger partial charge is 0.119 e. The molecule has 0 aromatic heterocycles. The molecule has 1 saturated carbocycles. The Kier molecular flexibility index (Phi) is 5.53. The fraction of sp³-hybridized carbons (Fsp3) is 0.625. The molecule has 0 amide bonds. The van der Waals surface area contributed by atoms with E-state index in [0.717, 1.165) is 24.5 Å². The largest absolute Gasteiger partial charge is 0.493 e. The van der Waals surface area contributed by atoms with Gasteiger partial charge in [0.15, 0.2) is 0 Å². The van der Waals surface area contributed by atoms with Gasteiger partial charge in [0.2, 0.25) is 0 Å². The van der Waals surface area contributed by atoms with Crippen molar-refractivity contribution in [3.8, 4) is 5.75 Å². The van der Waals surface area contributed by atoms with Crippen LogP contribution in [0.5, 0.6) is 5.75 Å². The lowest BCUT2D eigenvalue weighted by molar-refractivity contribution is 0.104. The minimum absolute atomic E-state index is 0.197. The summed E-state index contributed by atoms with van der Waals surface area (Å²) >= 11 is 0. The molecule has 2 heteroatoms. The van der Waals surface area contributed by atoms with E-state index >= 15 is 0 Å². The van der Waals surface area contributed by atoms with Crippen molar-refractivity contribution in [3.63, 3.8) is 0 Å². The van der Waals surface area contributed by atoms with Crippen molar-refractivity contribution in [2.24, 2.45) is 5.92 Å². The maximum Gasteiger partial charge on any atom is 0.119 e. The van der Waals surface area contributed by atoms with Gasteiger partial charge in [0, 0.05) is 6.42 Å². The Hall–Kier alpha value is -1.02. The summed E-state index contributed by atoms with van der Waals surface area (Å²) in [5.41, 5.74) is 0.